The van der Waals surface area contributed by atoms with Gasteiger partial charge in [-0.3, -0.25) is 5.32 Å². The van der Waals surface area contributed by atoms with E-state index in [1.807, 2.05) is 0 Å². The molecule has 0 saturated heterocycles. The van der Waals surface area contributed by atoms with Gasteiger partial charge < -0.3 is 25.7 Å². The Hall–Kier alpha value is -1.50. The Morgan fingerprint density at radius 2 is 1.59 bits per heavy atom. The van der Waals surface area contributed by atoms with Crippen LogP contribution in [-0.4, -0.2) is 27.6 Å². The fourth-order valence-electron chi connectivity index (χ4n) is 1.47. The van der Waals surface area contributed by atoms with Crippen molar-refractivity contribution in [2.75, 3.05) is 21.3 Å². The Bertz CT molecular complexity index is 344. The third-order valence-corrected chi connectivity index (χ3v) is 2.33. The average molecular weight is 241 g/mol. The molecule has 0 aromatic heterocycles. The van der Waals surface area contributed by atoms with Crippen molar-refractivity contribution in [2.45, 2.75) is 12.8 Å². The van der Waals surface area contributed by atoms with Crippen LogP contribution < -0.4 is 31.0 Å². The van der Waals surface area contributed by atoms with Crippen LogP contribution in [0.1, 0.15) is 5.56 Å². The van der Waals surface area contributed by atoms with Crippen molar-refractivity contribution in [2.24, 2.45) is 11.5 Å². The Morgan fingerprint density at radius 1 is 1.06 bits per heavy atom. The Kier molecular flexibility index (Phi) is 5.02. The van der Waals surface area contributed by atoms with Crippen molar-refractivity contribution in [3.05, 3.63) is 17.7 Å². The van der Waals surface area contributed by atoms with Gasteiger partial charge >= 0.3 is 0 Å². The maximum absolute atomic E-state index is 5.44. The van der Waals surface area contributed by atoms with Gasteiger partial charge in [0.1, 0.15) is 23.5 Å². The maximum atomic E-state index is 5.44. The molecule has 1 aromatic carbocycles. The third kappa shape index (κ3) is 3.48. The number of benzene rings is 1. The lowest BCUT2D eigenvalue weighted by Crippen LogP contribution is -2.44. The summed E-state index contributed by atoms with van der Waals surface area (Å²) in [5, 5.41) is 2.90. The molecule has 0 amide bonds. The largest absolute Gasteiger partial charge is 0.496 e. The number of nitrogens with one attached hydrogen (secondary N) is 1. The lowest BCUT2D eigenvalue weighted by atomic mass is 10.1. The van der Waals surface area contributed by atoms with Gasteiger partial charge in [-0.15, -0.1) is 0 Å². The molecule has 0 aliphatic rings. The van der Waals surface area contributed by atoms with E-state index in [-0.39, 0.29) is 0 Å². The smallest absolute Gasteiger partial charge is 0.130 e. The highest BCUT2D eigenvalue weighted by Crippen LogP contribution is 2.33. The van der Waals surface area contributed by atoms with Gasteiger partial charge in [-0.1, -0.05) is 0 Å². The van der Waals surface area contributed by atoms with Gasteiger partial charge in [0.25, 0.3) is 0 Å². The van der Waals surface area contributed by atoms with Gasteiger partial charge in [0.15, 0.2) is 0 Å². The van der Waals surface area contributed by atoms with Crippen molar-refractivity contribution in [1.82, 2.24) is 5.32 Å². The molecule has 6 nitrogen and oxygen atoms in total. The van der Waals surface area contributed by atoms with Gasteiger partial charge in [-0.25, -0.2) is 0 Å². The molecule has 1 aromatic rings. The molecule has 0 fully saturated rings. The van der Waals surface area contributed by atoms with E-state index in [0.717, 1.165) is 5.56 Å². The van der Waals surface area contributed by atoms with Crippen LogP contribution in [0.15, 0.2) is 12.1 Å². The summed E-state index contributed by atoms with van der Waals surface area (Å²) < 4.78 is 15.7. The highest BCUT2D eigenvalue weighted by atomic mass is 16.5. The summed E-state index contributed by atoms with van der Waals surface area (Å²) in [7, 11) is 4.75. The van der Waals surface area contributed by atoms with Crippen LogP contribution in [0, 0.1) is 0 Å². The molecular weight excluding hydrogens is 222 g/mol. The molecule has 0 spiro atoms. The van der Waals surface area contributed by atoms with E-state index < -0.39 is 6.29 Å². The standard InChI is InChI=1S/C11H19N3O3/c1-15-7-4-9(16-2)8(6-14-11(12)13)10(5-7)17-3/h4-5,11,14H,6,12-13H2,1-3H3. The van der Waals surface area contributed by atoms with E-state index in [2.05, 4.69) is 5.32 Å². The predicted molar refractivity (Wildman–Crippen MR) is 65.1 cm³/mol. The van der Waals surface area contributed by atoms with Crippen LogP contribution >= 0.6 is 0 Å². The summed E-state index contributed by atoms with van der Waals surface area (Å²) in [6.07, 6.45) is -0.591. The first kappa shape index (κ1) is 13.6. The highest BCUT2D eigenvalue weighted by molar-refractivity contribution is 5.50. The second-order valence-corrected chi connectivity index (χ2v) is 3.42. The Morgan fingerprint density at radius 3 is 1.94 bits per heavy atom. The first-order chi connectivity index (χ1) is 8.12. The SMILES string of the molecule is COc1cc(OC)c(CNC(N)N)c(OC)c1. The Balaban J connectivity index is 3.06. The predicted octanol–water partition coefficient (Wildman–Crippen LogP) is 0.00300. The van der Waals surface area contributed by atoms with Crippen molar-refractivity contribution >= 4 is 0 Å². The van der Waals surface area contributed by atoms with Crippen LogP contribution in [0.3, 0.4) is 0 Å². The zero-order chi connectivity index (χ0) is 12.8. The minimum atomic E-state index is -0.591. The number of methoxy groups -OCH3 is 3. The normalized spacial score (nSPS) is 10.5. The topological polar surface area (TPSA) is 91.8 Å². The first-order valence-corrected chi connectivity index (χ1v) is 5.15. The summed E-state index contributed by atoms with van der Waals surface area (Å²) in [4.78, 5) is 0. The summed E-state index contributed by atoms with van der Waals surface area (Å²) in [6.45, 7) is 0.452. The fourth-order valence-corrected chi connectivity index (χ4v) is 1.47. The van der Waals surface area contributed by atoms with E-state index in [1.54, 1.807) is 33.5 Å². The lowest BCUT2D eigenvalue weighted by molar-refractivity contribution is 0.364. The van der Waals surface area contributed by atoms with E-state index >= 15 is 0 Å². The van der Waals surface area contributed by atoms with Crippen molar-refractivity contribution in [3.8, 4) is 17.2 Å². The molecule has 0 heterocycles. The average Bonchev–Trinajstić information content (AvgIpc) is 2.34. The van der Waals surface area contributed by atoms with Crippen LogP contribution in [0.2, 0.25) is 0 Å². The van der Waals surface area contributed by atoms with Crippen molar-refractivity contribution in [3.63, 3.8) is 0 Å². The molecule has 5 N–H and O–H groups in total. The Labute approximate surface area is 101 Å². The van der Waals surface area contributed by atoms with Gasteiger partial charge in [-0.2, -0.15) is 0 Å². The number of rotatable bonds is 6. The van der Waals surface area contributed by atoms with Gasteiger partial charge in [0.2, 0.25) is 0 Å². The molecule has 1 rings (SSSR count). The van der Waals surface area contributed by atoms with Crippen LogP contribution in [0.25, 0.3) is 0 Å². The summed E-state index contributed by atoms with van der Waals surface area (Å²) in [6, 6.07) is 3.56. The quantitative estimate of drug-likeness (QED) is 0.607. The molecule has 96 valence electrons. The van der Waals surface area contributed by atoms with E-state index in [1.165, 1.54) is 0 Å². The van der Waals surface area contributed by atoms with Crippen LogP contribution in [0.5, 0.6) is 17.2 Å². The summed E-state index contributed by atoms with van der Waals surface area (Å²) >= 11 is 0. The molecule has 0 aliphatic heterocycles. The molecule has 0 bridgehead atoms. The van der Waals surface area contributed by atoms with Gasteiger partial charge in [-0.05, 0) is 0 Å². The molecule has 0 atom stereocenters. The minimum absolute atomic E-state index is 0.452. The maximum Gasteiger partial charge on any atom is 0.130 e. The third-order valence-electron chi connectivity index (χ3n) is 2.33. The molecule has 0 aliphatic carbocycles. The molecule has 6 heteroatoms. The zero-order valence-corrected chi connectivity index (χ0v) is 10.3. The highest BCUT2D eigenvalue weighted by Gasteiger charge is 2.13. The number of nitrogens with two attached hydrogens (primary N) is 2. The summed E-state index contributed by atoms with van der Waals surface area (Å²) in [5.74, 6) is 1.99. The minimum Gasteiger partial charge on any atom is -0.496 e. The van der Waals surface area contributed by atoms with Crippen LogP contribution in [0.4, 0.5) is 0 Å². The fraction of sp³-hybridized carbons (Fsp3) is 0.455. The summed E-state index contributed by atoms with van der Waals surface area (Å²) in [5.41, 5.74) is 11.7. The first-order valence-electron chi connectivity index (χ1n) is 5.15. The molecular formula is C11H19N3O3. The molecule has 0 unspecified atom stereocenters. The lowest BCUT2D eigenvalue weighted by Gasteiger charge is -2.16. The molecule has 17 heavy (non-hydrogen) atoms. The molecule has 0 radical (unpaired) electrons. The molecule has 0 saturated carbocycles. The van der Waals surface area contributed by atoms with E-state index in [4.69, 9.17) is 25.7 Å². The number of ether oxygens (including phenoxy) is 3. The van der Waals surface area contributed by atoms with Crippen molar-refractivity contribution < 1.29 is 14.2 Å². The monoisotopic (exact) mass is 241 g/mol. The second-order valence-electron chi connectivity index (χ2n) is 3.42. The van der Waals surface area contributed by atoms with Crippen LogP contribution in [-0.2, 0) is 6.54 Å². The van der Waals surface area contributed by atoms with Gasteiger partial charge in [0.05, 0.1) is 26.9 Å². The van der Waals surface area contributed by atoms with E-state index in [0.29, 0.717) is 23.8 Å². The van der Waals surface area contributed by atoms with Gasteiger partial charge in [0, 0.05) is 18.7 Å². The van der Waals surface area contributed by atoms with Crippen molar-refractivity contribution in [1.29, 1.82) is 0 Å². The number of hydrogen-bond acceptors (Lipinski definition) is 6. The van der Waals surface area contributed by atoms with E-state index in [9.17, 15) is 0 Å². The zero-order valence-electron chi connectivity index (χ0n) is 10.3. The number of hydrogen-bond donors (Lipinski definition) is 3. The second kappa shape index (κ2) is 6.29.